The molecule has 0 aliphatic rings. The van der Waals surface area contributed by atoms with E-state index in [4.69, 9.17) is 5.26 Å². The summed E-state index contributed by atoms with van der Waals surface area (Å²) in [5.41, 5.74) is 2.25. The number of anilines is 1. The molecular formula is C12H13N5. The van der Waals surface area contributed by atoms with Crippen LogP contribution in [0.4, 0.5) is 5.82 Å². The molecule has 0 bridgehead atoms. The number of hydrogen-bond donors (Lipinski definition) is 1. The molecule has 5 nitrogen and oxygen atoms in total. The van der Waals surface area contributed by atoms with Crippen LogP contribution in [0, 0.1) is 18.3 Å². The van der Waals surface area contributed by atoms with Crippen LogP contribution in [0.15, 0.2) is 24.4 Å². The molecule has 2 aromatic rings. The zero-order valence-electron chi connectivity index (χ0n) is 9.81. The number of pyridine rings is 1. The highest BCUT2D eigenvalue weighted by molar-refractivity contribution is 5.55. The van der Waals surface area contributed by atoms with Crippen LogP contribution in [0.25, 0.3) is 0 Å². The Bertz CT molecular complexity index is 550. The maximum atomic E-state index is 9.05. The summed E-state index contributed by atoms with van der Waals surface area (Å²) in [7, 11) is 1.81. The van der Waals surface area contributed by atoms with Crippen LogP contribution in [0.1, 0.15) is 17.0 Å². The molecule has 0 saturated heterocycles. The second-order valence-electron chi connectivity index (χ2n) is 3.72. The summed E-state index contributed by atoms with van der Waals surface area (Å²) in [5, 5.41) is 16.4. The average Bonchev–Trinajstić information content (AvgIpc) is 2.62. The van der Waals surface area contributed by atoms with Crippen molar-refractivity contribution < 1.29 is 0 Å². The third kappa shape index (κ3) is 2.26. The van der Waals surface area contributed by atoms with Gasteiger partial charge < -0.3 is 5.32 Å². The van der Waals surface area contributed by atoms with Gasteiger partial charge in [0, 0.05) is 13.2 Å². The Hall–Kier alpha value is -2.35. The molecule has 0 radical (unpaired) electrons. The molecule has 0 aliphatic heterocycles. The van der Waals surface area contributed by atoms with E-state index in [-0.39, 0.29) is 0 Å². The quantitative estimate of drug-likeness (QED) is 0.865. The highest BCUT2D eigenvalue weighted by atomic mass is 15.3. The SMILES string of the molecule is Cc1nn(C)c(NCc2ccccn2)c1C#N. The van der Waals surface area contributed by atoms with E-state index in [9.17, 15) is 0 Å². The Balaban J connectivity index is 2.18. The first-order chi connectivity index (χ1) is 8.22. The van der Waals surface area contributed by atoms with E-state index in [0.29, 0.717) is 12.1 Å². The Morgan fingerprint density at radius 3 is 2.94 bits per heavy atom. The number of nitriles is 1. The average molecular weight is 227 g/mol. The minimum Gasteiger partial charge on any atom is -0.364 e. The molecular weight excluding hydrogens is 214 g/mol. The molecule has 17 heavy (non-hydrogen) atoms. The summed E-state index contributed by atoms with van der Waals surface area (Å²) in [6.45, 7) is 2.40. The number of hydrogen-bond acceptors (Lipinski definition) is 4. The van der Waals surface area contributed by atoms with Gasteiger partial charge >= 0.3 is 0 Å². The fraction of sp³-hybridized carbons (Fsp3) is 0.250. The van der Waals surface area contributed by atoms with Crippen LogP contribution in [0.3, 0.4) is 0 Å². The maximum absolute atomic E-state index is 9.05. The standard InChI is InChI=1S/C12H13N5/c1-9-11(7-13)12(17(2)16-9)15-8-10-5-3-4-6-14-10/h3-6,15H,8H2,1-2H3. The van der Waals surface area contributed by atoms with Crippen molar-refractivity contribution in [3.8, 4) is 6.07 Å². The third-order valence-corrected chi connectivity index (χ3v) is 2.50. The lowest BCUT2D eigenvalue weighted by Gasteiger charge is -2.06. The number of rotatable bonds is 3. The molecule has 0 aromatic carbocycles. The lowest BCUT2D eigenvalue weighted by atomic mass is 10.2. The summed E-state index contributed by atoms with van der Waals surface area (Å²) < 4.78 is 1.68. The van der Waals surface area contributed by atoms with Gasteiger partial charge in [-0.15, -0.1) is 0 Å². The minimum atomic E-state index is 0.578. The van der Waals surface area contributed by atoms with Gasteiger partial charge in [0.1, 0.15) is 17.5 Å². The predicted octanol–water partition coefficient (Wildman–Crippen LogP) is 1.61. The van der Waals surface area contributed by atoms with Gasteiger partial charge in [-0.3, -0.25) is 9.67 Å². The third-order valence-electron chi connectivity index (χ3n) is 2.50. The first-order valence-corrected chi connectivity index (χ1v) is 5.30. The lowest BCUT2D eigenvalue weighted by molar-refractivity contribution is 0.757. The molecule has 0 saturated carbocycles. The van der Waals surface area contributed by atoms with Gasteiger partial charge in [0.15, 0.2) is 0 Å². The van der Waals surface area contributed by atoms with Crippen LogP contribution < -0.4 is 5.32 Å². The van der Waals surface area contributed by atoms with Crippen molar-refractivity contribution in [3.05, 3.63) is 41.3 Å². The minimum absolute atomic E-state index is 0.578. The Morgan fingerprint density at radius 1 is 1.47 bits per heavy atom. The van der Waals surface area contributed by atoms with Crippen molar-refractivity contribution in [3.63, 3.8) is 0 Å². The van der Waals surface area contributed by atoms with Gasteiger partial charge in [-0.2, -0.15) is 10.4 Å². The Morgan fingerprint density at radius 2 is 2.29 bits per heavy atom. The molecule has 0 spiro atoms. The highest BCUT2D eigenvalue weighted by Crippen LogP contribution is 2.17. The normalized spacial score (nSPS) is 9.94. The number of nitrogens with one attached hydrogen (secondary N) is 1. The molecule has 0 amide bonds. The summed E-state index contributed by atoms with van der Waals surface area (Å²) in [5.74, 6) is 0.732. The molecule has 2 heterocycles. The van der Waals surface area contributed by atoms with Gasteiger partial charge in [-0.1, -0.05) is 6.07 Å². The fourth-order valence-electron chi connectivity index (χ4n) is 1.67. The van der Waals surface area contributed by atoms with Crippen molar-refractivity contribution >= 4 is 5.82 Å². The largest absolute Gasteiger partial charge is 0.364 e. The van der Waals surface area contributed by atoms with E-state index in [2.05, 4.69) is 21.5 Å². The molecule has 86 valence electrons. The van der Waals surface area contributed by atoms with E-state index in [1.165, 1.54) is 0 Å². The van der Waals surface area contributed by atoms with Gasteiger partial charge in [-0.25, -0.2) is 0 Å². The summed E-state index contributed by atoms with van der Waals surface area (Å²) in [4.78, 5) is 4.21. The van der Waals surface area contributed by atoms with E-state index in [0.717, 1.165) is 17.2 Å². The predicted molar refractivity (Wildman–Crippen MR) is 64.2 cm³/mol. The monoisotopic (exact) mass is 227 g/mol. The molecule has 0 fully saturated rings. The molecule has 2 rings (SSSR count). The summed E-state index contributed by atoms with van der Waals surface area (Å²) in [6.07, 6.45) is 1.75. The Labute approximate surface area is 99.7 Å². The molecule has 2 aromatic heterocycles. The van der Waals surface area contributed by atoms with Crippen LogP contribution in [0.5, 0.6) is 0 Å². The van der Waals surface area contributed by atoms with Crippen LogP contribution in [-0.2, 0) is 13.6 Å². The molecule has 0 unspecified atom stereocenters. The number of aryl methyl sites for hydroxylation is 2. The van der Waals surface area contributed by atoms with Crippen molar-refractivity contribution in [1.29, 1.82) is 5.26 Å². The number of nitrogens with zero attached hydrogens (tertiary/aromatic N) is 4. The van der Waals surface area contributed by atoms with Crippen LogP contribution in [-0.4, -0.2) is 14.8 Å². The second kappa shape index (κ2) is 4.66. The lowest BCUT2D eigenvalue weighted by Crippen LogP contribution is -2.06. The first-order valence-electron chi connectivity index (χ1n) is 5.30. The smallest absolute Gasteiger partial charge is 0.142 e. The first kappa shape index (κ1) is 11.1. The fourth-order valence-corrected chi connectivity index (χ4v) is 1.67. The van der Waals surface area contributed by atoms with E-state index >= 15 is 0 Å². The van der Waals surface area contributed by atoms with Gasteiger partial charge in [-0.05, 0) is 19.1 Å². The van der Waals surface area contributed by atoms with Crippen LogP contribution in [0.2, 0.25) is 0 Å². The molecule has 1 N–H and O–H groups in total. The van der Waals surface area contributed by atoms with Crippen molar-refractivity contribution in [2.75, 3.05) is 5.32 Å². The molecule has 0 atom stereocenters. The van der Waals surface area contributed by atoms with Crippen molar-refractivity contribution in [1.82, 2.24) is 14.8 Å². The zero-order chi connectivity index (χ0) is 12.3. The maximum Gasteiger partial charge on any atom is 0.142 e. The molecule has 5 heteroatoms. The van der Waals surface area contributed by atoms with E-state index in [1.807, 2.05) is 32.2 Å². The van der Waals surface area contributed by atoms with Crippen molar-refractivity contribution in [2.45, 2.75) is 13.5 Å². The van der Waals surface area contributed by atoms with Crippen LogP contribution >= 0.6 is 0 Å². The zero-order valence-corrected chi connectivity index (χ0v) is 9.81. The number of aromatic nitrogens is 3. The Kier molecular flexibility index (Phi) is 3.06. The summed E-state index contributed by atoms with van der Waals surface area (Å²) in [6, 6.07) is 7.90. The van der Waals surface area contributed by atoms with Gasteiger partial charge in [0.05, 0.1) is 17.9 Å². The van der Waals surface area contributed by atoms with Gasteiger partial charge in [0.2, 0.25) is 0 Å². The van der Waals surface area contributed by atoms with E-state index < -0.39 is 0 Å². The summed E-state index contributed by atoms with van der Waals surface area (Å²) >= 11 is 0. The van der Waals surface area contributed by atoms with Crippen molar-refractivity contribution in [2.24, 2.45) is 7.05 Å². The molecule has 0 aliphatic carbocycles. The van der Waals surface area contributed by atoms with Gasteiger partial charge in [0.25, 0.3) is 0 Å². The van der Waals surface area contributed by atoms with E-state index in [1.54, 1.807) is 10.9 Å². The second-order valence-corrected chi connectivity index (χ2v) is 3.72. The highest BCUT2D eigenvalue weighted by Gasteiger charge is 2.12. The topological polar surface area (TPSA) is 66.5 Å².